The van der Waals surface area contributed by atoms with Crippen molar-refractivity contribution < 1.29 is 14.3 Å². The van der Waals surface area contributed by atoms with Crippen LogP contribution in [0.5, 0.6) is 0 Å². The number of hydrogen-bond donors (Lipinski definition) is 2. The first kappa shape index (κ1) is 28.6. The number of nitrogens with zero attached hydrogens (tertiary/aromatic N) is 2. The number of ether oxygens (including phenoxy) is 1. The van der Waals surface area contributed by atoms with Gasteiger partial charge < -0.3 is 25.6 Å². The summed E-state index contributed by atoms with van der Waals surface area (Å²) in [4.78, 5) is 30.5. The van der Waals surface area contributed by atoms with Gasteiger partial charge in [0.2, 0.25) is 0 Å². The van der Waals surface area contributed by atoms with Crippen LogP contribution < -0.4 is 20.9 Å². The van der Waals surface area contributed by atoms with E-state index in [1.807, 2.05) is 24.3 Å². The molecule has 4 rings (SSSR count). The fraction of sp³-hybridized carbons (Fsp3) is 0.333. The van der Waals surface area contributed by atoms with E-state index in [1.54, 1.807) is 25.1 Å². The number of nitrogen functional groups attached to an aromatic ring is 1. The Morgan fingerprint density at radius 3 is 2.33 bits per heavy atom. The Morgan fingerprint density at radius 1 is 1.03 bits per heavy atom. The topological polar surface area (TPSA) is 87.9 Å². The summed E-state index contributed by atoms with van der Waals surface area (Å²) < 4.78 is 5.23. The van der Waals surface area contributed by atoms with E-state index in [4.69, 9.17) is 33.7 Å². The molecule has 0 bridgehead atoms. The van der Waals surface area contributed by atoms with Gasteiger partial charge in [0.1, 0.15) is 6.04 Å². The van der Waals surface area contributed by atoms with Crippen LogP contribution in [-0.4, -0.2) is 49.7 Å². The van der Waals surface area contributed by atoms with Gasteiger partial charge in [-0.3, -0.25) is 4.79 Å². The van der Waals surface area contributed by atoms with Gasteiger partial charge in [-0.2, -0.15) is 0 Å². The predicted octanol–water partition coefficient (Wildman–Crippen LogP) is 5.59. The lowest BCUT2D eigenvalue weighted by Crippen LogP contribution is -2.59. The van der Waals surface area contributed by atoms with Gasteiger partial charge in [-0.15, -0.1) is 0 Å². The van der Waals surface area contributed by atoms with Crippen LogP contribution in [-0.2, 0) is 16.0 Å². The van der Waals surface area contributed by atoms with Crippen molar-refractivity contribution in [1.82, 2.24) is 5.32 Å². The van der Waals surface area contributed by atoms with E-state index in [0.29, 0.717) is 5.69 Å². The molecule has 0 radical (unpaired) electrons. The largest absolute Gasteiger partial charge is 0.464 e. The lowest BCUT2D eigenvalue weighted by atomic mass is 9.96. The Hall–Kier alpha value is -3.42. The number of nitrogens with one attached hydrogen (secondary N) is 1. The number of amides is 1. The van der Waals surface area contributed by atoms with Crippen LogP contribution >= 0.6 is 23.2 Å². The summed E-state index contributed by atoms with van der Waals surface area (Å²) in [5.41, 5.74) is 10.1. The number of rotatable bonds is 8. The molecule has 0 unspecified atom stereocenters. The zero-order chi connectivity index (χ0) is 28.2. The van der Waals surface area contributed by atoms with Gasteiger partial charge in [0.15, 0.2) is 0 Å². The first-order chi connectivity index (χ1) is 18.6. The number of nitrogens with two attached hydrogens (primary N) is 1. The van der Waals surface area contributed by atoms with Crippen molar-refractivity contribution in [3.05, 3.63) is 87.9 Å². The monoisotopic (exact) mass is 568 g/mol. The SMILES string of the molecule is CCOC(=O)[C@H](Cc1ccc(N2CCN(c3ccccc3)C(C)(C)C2)c(N)c1)NC(=O)c1c(Cl)cccc1Cl. The summed E-state index contributed by atoms with van der Waals surface area (Å²) in [6.45, 7) is 8.84. The molecule has 1 saturated heterocycles. The van der Waals surface area contributed by atoms with Crippen molar-refractivity contribution in [2.24, 2.45) is 0 Å². The van der Waals surface area contributed by atoms with E-state index in [1.165, 1.54) is 5.69 Å². The highest BCUT2D eigenvalue weighted by Gasteiger charge is 2.34. The van der Waals surface area contributed by atoms with Crippen LogP contribution in [0.3, 0.4) is 0 Å². The van der Waals surface area contributed by atoms with Crippen LogP contribution in [0.15, 0.2) is 66.7 Å². The minimum atomic E-state index is -0.941. The highest BCUT2D eigenvalue weighted by Crippen LogP contribution is 2.33. The molecule has 3 N–H and O–H groups in total. The molecule has 0 saturated carbocycles. The molecule has 1 heterocycles. The zero-order valence-electron chi connectivity index (χ0n) is 22.4. The van der Waals surface area contributed by atoms with E-state index in [0.717, 1.165) is 30.9 Å². The van der Waals surface area contributed by atoms with Gasteiger partial charge in [-0.05, 0) is 62.7 Å². The summed E-state index contributed by atoms with van der Waals surface area (Å²) in [7, 11) is 0. The van der Waals surface area contributed by atoms with E-state index in [2.05, 4.69) is 53.2 Å². The first-order valence-corrected chi connectivity index (χ1v) is 13.7. The van der Waals surface area contributed by atoms with Crippen molar-refractivity contribution in [2.45, 2.75) is 38.8 Å². The number of anilines is 3. The van der Waals surface area contributed by atoms with Gasteiger partial charge >= 0.3 is 5.97 Å². The van der Waals surface area contributed by atoms with Crippen molar-refractivity contribution in [3.8, 4) is 0 Å². The molecule has 0 aliphatic carbocycles. The highest BCUT2D eigenvalue weighted by atomic mass is 35.5. The fourth-order valence-corrected chi connectivity index (χ4v) is 5.65. The molecule has 0 spiro atoms. The van der Waals surface area contributed by atoms with Crippen molar-refractivity contribution in [2.75, 3.05) is 41.8 Å². The molecule has 39 heavy (non-hydrogen) atoms. The van der Waals surface area contributed by atoms with Gasteiger partial charge in [0.25, 0.3) is 5.91 Å². The maximum absolute atomic E-state index is 13.0. The molecule has 3 aromatic rings. The van der Waals surface area contributed by atoms with Crippen LogP contribution in [0.1, 0.15) is 36.7 Å². The number of para-hydroxylation sites is 1. The van der Waals surface area contributed by atoms with E-state index < -0.39 is 17.9 Å². The lowest BCUT2D eigenvalue weighted by Gasteiger charge is -2.49. The number of esters is 1. The normalized spacial score (nSPS) is 15.5. The van der Waals surface area contributed by atoms with Crippen LogP contribution in [0, 0.1) is 0 Å². The molecule has 7 nitrogen and oxygen atoms in total. The van der Waals surface area contributed by atoms with Gasteiger partial charge in [-0.25, -0.2) is 4.79 Å². The zero-order valence-corrected chi connectivity index (χ0v) is 23.9. The van der Waals surface area contributed by atoms with Crippen molar-refractivity contribution in [3.63, 3.8) is 0 Å². The Kier molecular flexibility index (Phi) is 8.93. The maximum atomic E-state index is 13.0. The van der Waals surface area contributed by atoms with E-state index in [-0.39, 0.29) is 34.2 Å². The number of piperazine rings is 1. The molecule has 9 heteroatoms. The molecular weight excluding hydrogens is 535 g/mol. The molecule has 206 valence electrons. The molecule has 1 aliphatic rings. The summed E-state index contributed by atoms with van der Waals surface area (Å²) >= 11 is 12.4. The average Bonchev–Trinajstić information content (AvgIpc) is 2.88. The van der Waals surface area contributed by atoms with Crippen molar-refractivity contribution in [1.29, 1.82) is 0 Å². The second-order valence-corrected chi connectivity index (χ2v) is 11.0. The van der Waals surface area contributed by atoms with Gasteiger partial charge in [-0.1, -0.05) is 53.5 Å². The second-order valence-electron chi connectivity index (χ2n) is 10.2. The molecule has 3 aromatic carbocycles. The Morgan fingerprint density at radius 2 is 1.72 bits per heavy atom. The van der Waals surface area contributed by atoms with Crippen molar-refractivity contribution >= 4 is 52.1 Å². The fourth-order valence-electron chi connectivity index (χ4n) is 5.08. The Balaban J connectivity index is 1.50. The average molecular weight is 570 g/mol. The lowest BCUT2D eigenvalue weighted by molar-refractivity contribution is -0.145. The molecular formula is C30H34Cl2N4O3. The minimum Gasteiger partial charge on any atom is -0.464 e. The minimum absolute atomic E-state index is 0.107. The number of halogens is 2. The summed E-state index contributed by atoms with van der Waals surface area (Å²) in [6, 6.07) is 20.0. The number of benzene rings is 3. The number of carbonyl (C=O) groups excluding carboxylic acids is 2. The van der Waals surface area contributed by atoms with Crippen LogP contribution in [0.2, 0.25) is 10.0 Å². The van der Waals surface area contributed by atoms with E-state index >= 15 is 0 Å². The van der Waals surface area contributed by atoms with Crippen LogP contribution in [0.4, 0.5) is 17.1 Å². The molecule has 1 aliphatic heterocycles. The summed E-state index contributed by atoms with van der Waals surface area (Å²) in [5, 5.41) is 3.14. The summed E-state index contributed by atoms with van der Waals surface area (Å²) in [5.74, 6) is -1.10. The van der Waals surface area contributed by atoms with Crippen LogP contribution in [0.25, 0.3) is 0 Å². The second kappa shape index (κ2) is 12.2. The number of hydrogen-bond acceptors (Lipinski definition) is 6. The Labute approximate surface area is 239 Å². The third-order valence-corrected chi connectivity index (χ3v) is 7.54. The third kappa shape index (κ3) is 6.60. The Bertz CT molecular complexity index is 1310. The van der Waals surface area contributed by atoms with Gasteiger partial charge in [0, 0.05) is 31.7 Å². The standard InChI is InChI=1S/C30H34Cl2N4O3/c1-4-39-29(38)25(34-28(37)27-22(31)11-8-12-23(27)32)18-20-13-14-26(24(33)17-20)35-15-16-36(30(2,3)19-35)21-9-6-5-7-10-21/h5-14,17,25H,4,15-16,18-19,33H2,1-3H3,(H,34,37)/t25-/m0/s1. The molecule has 1 amide bonds. The predicted molar refractivity (Wildman–Crippen MR) is 159 cm³/mol. The highest BCUT2D eigenvalue weighted by molar-refractivity contribution is 6.39. The maximum Gasteiger partial charge on any atom is 0.328 e. The molecule has 0 aromatic heterocycles. The van der Waals surface area contributed by atoms with Gasteiger partial charge in [0.05, 0.1) is 39.1 Å². The first-order valence-electron chi connectivity index (χ1n) is 13.0. The third-order valence-electron chi connectivity index (χ3n) is 6.91. The molecule has 1 fully saturated rings. The molecule has 1 atom stereocenters. The smallest absolute Gasteiger partial charge is 0.328 e. The summed E-state index contributed by atoms with van der Waals surface area (Å²) in [6.07, 6.45) is 0.199. The number of carbonyl (C=O) groups is 2. The van der Waals surface area contributed by atoms with E-state index in [9.17, 15) is 9.59 Å². The quantitative estimate of drug-likeness (QED) is 0.272.